The quantitative estimate of drug-likeness (QED) is 0.242. The number of sulfonamides is 1. The number of esters is 1. The number of rotatable bonds is 14. The van der Waals surface area contributed by atoms with Gasteiger partial charge in [-0.3, -0.25) is 4.79 Å². The van der Waals surface area contributed by atoms with Crippen molar-refractivity contribution in [1.29, 1.82) is 0 Å². The standard InChI is InChI=1S/C27H26Cl2F2N2O8S2.H2O/c1-42(35,36)18-5-7-19(8-6-18)43(37,38)33-14-26(34)40-24(11-20-21(28)12-32-13-22(20)29)17-4-9-23(41-27(30)31)25(10-17)39-15-16-2-3-16;/h4-10,12-13,16,24,27,33H,2-3,11,14-15H2,1H3;1H2/t24-;/m0./s1. The Labute approximate surface area is 262 Å². The van der Waals surface area contributed by atoms with Crippen LogP contribution in [-0.4, -0.2) is 54.3 Å². The number of aromatic nitrogens is 1. The lowest BCUT2D eigenvalue weighted by Crippen LogP contribution is -2.31. The second-order valence-corrected chi connectivity index (χ2v) is 14.3. The van der Waals surface area contributed by atoms with Crippen LogP contribution in [0.25, 0.3) is 0 Å². The van der Waals surface area contributed by atoms with Crippen LogP contribution in [0.15, 0.2) is 64.6 Å². The predicted molar refractivity (Wildman–Crippen MR) is 154 cm³/mol. The van der Waals surface area contributed by atoms with Crippen LogP contribution in [0.5, 0.6) is 11.5 Å². The zero-order valence-electron chi connectivity index (χ0n) is 23.0. The third-order valence-electron chi connectivity index (χ3n) is 6.36. The fourth-order valence-electron chi connectivity index (χ4n) is 3.91. The molecule has 0 radical (unpaired) electrons. The second-order valence-electron chi connectivity index (χ2n) is 9.72. The molecule has 3 N–H and O–H groups in total. The topological polar surface area (TPSA) is 169 Å². The summed E-state index contributed by atoms with van der Waals surface area (Å²) in [6.45, 7) is -3.60. The number of pyridine rings is 1. The molecule has 0 unspecified atom stereocenters. The maximum absolute atomic E-state index is 13.0. The van der Waals surface area contributed by atoms with E-state index in [1.807, 2.05) is 0 Å². The minimum Gasteiger partial charge on any atom is -0.870 e. The van der Waals surface area contributed by atoms with Gasteiger partial charge in [-0.05, 0) is 60.7 Å². The first-order chi connectivity index (χ1) is 20.2. The molecule has 0 aliphatic heterocycles. The zero-order valence-corrected chi connectivity index (χ0v) is 26.2. The molecule has 1 atom stereocenters. The van der Waals surface area contributed by atoms with E-state index in [1.165, 1.54) is 30.6 Å². The van der Waals surface area contributed by atoms with Crippen LogP contribution in [0.1, 0.15) is 30.1 Å². The molecule has 1 aliphatic carbocycles. The third-order valence-corrected chi connectivity index (χ3v) is 9.58. The summed E-state index contributed by atoms with van der Waals surface area (Å²) in [5.41, 5.74) is 0.722. The summed E-state index contributed by atoms with van der Waals surface area (Å²) in [6.07, 6.45) is 4.65. The van der Waals surface area contributed by atoms with Gasteiger partial charge in [-0.2, -0.15) is 13.5 Å². The number of hydrogen-bond acceptors (Lipinski definition) is 9. The van der Waals surface area contributed by atoms with E-state index in [1.54, 1.807) is 0 Å². The molecule has 240 valence electrons. The molecule has 11 nitrogen and oxygen atoms in total. The Morgan fingerprint density at radius 3 is 2.18 bits per heavy atom. The Kier molecular flexibility index (Phi) is 11.9. The highest BCUT2D eigenvalue weighted by Crippen LogP contribution is 2.37. The summed E-state index contributed by atoms with van der Waals surface area (Å²) in [6, 6.07) is 8.52. The number of carbonyl (C=O) groups is 1. The molecule has 17 heteroatoms. The van der Waals surface area contributed by atoms with E-state index in [9.17, 15) is 30.4 Å². The van der Waals surface area contributed by atoms with Crippen LogP contribution < -0.4 is 19.2 Å². The van der Waals surface area contributed by atoms with E-state index in [0.29, 0.717) is 17.0 Å². The van der Waals surface area contributed by atoms with Crippen molar-refractivity contribution in [2.75, 3.05) is 19.4 Å². The summed E-state index contributed by atoms with van der Waals surface area (Å²) in [7, 11) is -7.77. The molecule has 1 saturated carbocycles. The van der Waals surface area contributed by atoms with Crippen LogP contribution in [0, 0.1) is 5.92 Å². The Hall–Kier alpha value is -3.08. The van der Waals surface area contributed by atoms with Gasteiger partial charge in [-0.1, -0.05) is 29.3 Å². The molecule has 0 amide bonds. The van der Waals surface area contributed by atoms with E-state index in [4.69, 9.17) is 32.7 Å². The van der Waals surface area contributed by atoms with Gasteiger partial charge >= 0.3 is 12.6 Å². The fourth-order valence-corrected chi connectivity index (χ4v) is 6.04. The van der Waals surface area contributed by atoms with Crippen LogP contribution >= 0.6 is 23.2 Å². The van der Waals surface area contributed by atoms with Crippen molar-refractivity contribution in [2.45, 2.75) is 41.8 Å². The zero-order chi connectivity index (χ0) is 31.4. The maximum Gasteiger partial charge on any atom is 0.387 e. The van der Waals surface area contributed by atoms with Gasteiger partial charge in [0.25, 0.3) is 0 Å². The highest BCUT2D eigenvalue weighted by Gasteiger charge is 2.27. The average Bonchev–Trinajstić information content (AvgIpc) is 3.77. The molecule has 4 rings (SSSR count). The summed E-state index contributed by atoms with van der Waals surface area (Å²) < 4.78 is 93.0. The maximum atomic E-state index is 13.0. The molecular formula is C27H28Cl2F2N2O9S2. The van der Waals surface area contributed by atoms with Crippen LogP contribution in [0.4, 0.5) is 8.78 Å². The number of nitrogens with one attached hydrogen (secondary N) is 2. The number of ether oxygens (including phenoxy) is 3. The lowest BCUT2D eigenvalue weighted by atomic mass is 10.0. The van der Waals surface area contributed by atoms with Crippen molar-refractivity contribution < 1.29 is 55.1 Å². The lowest BCUT2D eigenvalue weighted by Gasteiger charge is -2.21. The SMILES string of the molecule is CS(=O)(=O)c1ccc(S(=O)(=O)NCC(=O)O[C@@H](Cc2c(Cl)c[nH+]cc2Cl)c2ccc(OC(F)F)c(OCC3CC3)c2)cc1.[OH-]. The van der Waals surface area contributed by atoms with Gasteiger partial charge in [0.1, 0.15) is 22.7 Å². The minimum absolute atomic E-state index is 0. The van der Waals surface area contributed by atoms with Crippen LogP contribution in [-0.2, 0) is 35.8 Å². The first-order valence-electron chi connectivity index (χ1n) is 12.8. The minimum atomic E-state index is -4.22. The fraction of sp³-hybridized carbons (Fsp3) is 0.333. The van der Waals surface area contributed by atoms with E-state index < -0.39 is 45.1 Å². The normalized spacial score (nSPS) is 14.0. The Morgan fingerprint density at radius 2 is 1.61 bits per heavy atom. The number of H-pyrrole nitrogens is 1. The summed E-state index contributed by atoms with van der Waals surface area (Å²) in [5.74, 6) is -0.873. The number of halogens is 4. The molecule has 1 aliphatic rings. The van der Waals surface area contributed by atoms with Crippen molar-refractivity contribution in [1.82, 2.24) is 4.72 Å². The lowest BCUT2D eigenvalue weighted by molar-refractivity contribution is -0.377. The van der Waals surface area contributed by atoms with E-state index in [0.717, 1.165) is 43.4 Å². The summed E-state index contributed by atoms with van der Waals surface area (Å²) in [5, 5.41) is 0.462. The number of aromatic amines is 1. The molecule has 1 aromatic heterocycles. The second kappa shape index (κ2) is 14.8. The van der Waals surface area contributed by atoms with Gasteiger partial charge in [-0.25, -0.2) is 21.8 Å². The number of sulfone groups is 1. The Morgan fingerprint density at radius 1 is 1.00 bits per heavy atom. The molecule has 1 heterocycles. The van der Waals surface area contributed by atoms with Crippen LogP contribution in [0.2, 0.25) is 10.0 Å². The molecule has 1 fully saturated rings. The first kappa shape index (κ1) is 35.4. The molecule has 2 aromatic carbocycles. The van der Waals surface area contributed by atoms with Gasteiger partial charge in [0.05, 0.1) is 16.4 Å². The van der Waals surface area contributed by atoms with Crippen molar-refractivity contribution in [3.63, 3.8) is 0 Å². The van der Waals surface area contributed by atoms with Gasteiger partial charge in [0.15, 0.2) is 33.7 Å². The largest absolute Gasteiger partial charge is 0.870 e. The smallest absolute Gasteiger partial charge is 0.387 e. The third kappa shape index (κ3) is 9.71. The van der Waals surface area contributed by atoms with E-state index in [2.05, 4.69) is 14.4 Å². The highest BCUT2D eigenvalue weighted by atomic mass is 35.5. The predicted octanol–water partition coefficient (Wildman–Crippen LogP) is 4.23. The molecule has 0 spiro atoms. The number of alkyl halides is 2. The summed E-state index contributed by atoms with van der Waals surface area (Å²) in [4.78, 5) is 15.3. The molecule has 3 aromatic rings. The summed E-state index contributed by atoms with van der Waals surface area (Å²) >= 11 is 12.6. The van der Waals surface area contributed by atoms with Gasteiger partial charge in [-0.15, -0.1) is 0 Å². The molecular weight excluding hydrogens is 669 g/mol. The highest BCUT2D eigenvalue weighted by molar-refractivity contribution is 7.90. The number of hydrogen-bond donors (Lipinski definition) is 1. The van der Waals surface area contributed by atoms with E-state index in [-0.39, 0.29) is 49.8 Å². The Bertz CT molecular complexity index is 1670. The molecule has 0 bridgehead atoms. The average molecular weight is 698 g/mol. The monoisotopic (exact) mass is 696 g/mol. The van der Waals surface area contributed by atoms with Crippen molar-refractivity contribution >= 4 is 49.0 Å². The van der Waals surface area contributed by atoms with Crippen molar-refractivity contribution in [2.24, 2.45) is 5.92 Å². The molecule has 44 heavy (non-hydrogen) atoms. The van der Waals surface area contributed by atoms with E-state index >= 15 is 0 Å². The van der Waals surface area contributed by atoms with Gasteiger partial charge in [0, 0.05) is 18.2 Å². The number of carbonyl (C=O) groups excluding carboxylic acids is 1. The van der Waals surface area contributed by atoms with Crippen molar-refractivity contribution in [3.8, 4) is 11.5 Å². The molecule has 0 saturated heterocycles. The van der Waals surface area contributed by atoms with Gasteiger partial charge in [0.2, 0.25) is 10.0 Å². The van der Waals surface area contributed by atoms with Crippen molar-refractivity contribution in [3.05, 3.63) is 76.0 Å². The first-order valence-corrected chi connectivity index (χ1v) is 16.9. The Balaban J connectivity index is 0.00000529. The number of benzene rings is 2. The van der Waals surface area contributed by atoms with Crippen LogP contribution in [0.3, 0.4) is 0 Å². The van der Waals surface area contributed by atoms with Gasteiger partial charge < -0.3 is 19.7 Å².